The fourth-order valence-electron chi connectivity index (χ4n) is 10.7. The van der Waals surface area contributed by atoms with Crippen LogP contribution in [0.25, 0.3) is 99.5 Å². The van der Waals surface area contributed by atoms with Crippen LogP contribution in [0.1, 0.15) is 18.1 Å². The number of hydrogen-bond donors (Lipinski definition) is 0. The molecule has 13 rings (SSSR count). The van der Waals surface area contributed by atoms with Gasteiger partial charge < -0.3 is 9.47 Å². The van der Waals surface area contributed by atoms with Crippen LogP contribution in [0.2, 0.25) is 0 Å². The number of aryl methyl sites for hydroxylation is 1. The molecule has 1 heterocycles. The summed E-state index contributed by atoms with van der Waals surface area (Å²) in [6.45, 7) is 8.02. The van der Waals surface area contributed by atoms with Gasteiger partial charge in [-0.3, -0.25) is 0 Å². The van der Waals surface area contributed by atoms with Crippen molar-refractivity contribution in [2.24, 2.45) is 0 Å². The summed E-state index contributed by atoms with van der Waals surface area (Å²) in [7, 11) is 0. The molecule has 0 amide bonds. The normalized spacial score (nSPS) is 11.1. The van der Waals surface area contributed by atoms with Crippen molar-refractivity contribution in [3.8, 4) is 61.3 Å². The van der Waals surface area contributed by atoms with Crippen molar-refractivity contribution < 1.29 is 0 Å². The highest BCUT2D eigenvalue weighted by Gasteiger charge is 2.16. The maximum atomic E-state index is 3.89. The van der Waals surface area contributed by atoms with Crippen LogP contribution < -0.4 is 4.90 Å². The Kier molecular flexibility index (Phi) is 13.1. The van der Waals surface area contributed by atoms with E-state index in [2.05, 4.69) is 302 Å². The maximum Gasteiger partial charge on any atom is 0.0541 e. The molecule has 0 aliphatic rings. The lowest BCUT2D eigenvalue weighted by molar-refractivity contribution is 1.18. The smallest absolute Gasteiger partial charge is 0.0541 e. The number of fused-ring (bicyclic) bond motifs is 4. The minimum atomic E-state index is 1.10. The predicted octanol–water partition coefficient (Wildman–Crippen LogP) is 20.8. The second-order valence-electron chi connectivity index (χ2n) is 19.5. The van der Waals surface area contributed by atoms with Gasteiger partial charge in [0.2, 0.25) is 0 Å². The summed E-state index contributed by atoms with van der Waals surface area (Å²) < 4.78 is 2.39. The molecule has 12 aromatic carbocycles. The Morgan fingerprint density at radius 1 is 0.329 bits per heavy atom. The Hall–Kier alpha value is -9.76. The lowest BCUT2D eigenvalue weighted by Gasteiger charge is -2.26. The zero-order valence-electron chi connectivity index (χ0n) is 42.8. The average molecular weight is 973 g/mol. The van der Waals surface area contributed by atoms with E-state index in [0.29, 0.717) is 0 Å². The summed E-state index contributed by atoms with van der Waals surface area (Å²) in [5.41, 5.74) is 22.6. The van der Waals surface area contributed by atoms with Gasteiger partial charge in [-0.25, -0.2) is 0 Å². The van der Waals surface area contributed by atoms with Crippen molar-refractivity contribution in [3.63, 3.8) is 0 Å². The summed E-state index contributed by atoms with van der Waals surface area (Å²) in [5, 5.41) is 5.01. The number of hydrogen-bond acceptors (Lipinski definition) is 1. The van der Waals surface area contributed by atoms with E-state index in [4.69, 9.17) is 0 Å². The molecule has 0 unspecified atom stereocenters. The van der Waals surface area contributed by atoms with E-state index in [1.165, 1.54) is 99.3 Å². The quantitative estimate of drug-likeness (QED) is 0.133. The molecule has 0 N–H and O–H groups in total. The standard InChI is InChI=1S/C64H44N2.C10H12/c1-3-12-45(13-4-1)48-26-35-55(36-27-48)65(57-41-32-53(33-42-57)60-20-11-17-52-16-7-8-18-59(52)60)56-37-28-50(29-38-56)47-22-24-51(25-23-47)54-34-43-64-62(44-54)61-19-9-10-21-63(61)66(64)58-39-30-49(31-40-58)46-14-5-2-6-15-46;1-8(2)10-7-5-4-6-9(10)3/h1-44H;4-7H,1H2,2-3H3. The van der Waals surface area contributed by atoms with Gasteiger partial charge in [0.05, 0.1) is 11.0 Å². The van der Waals surface area contributed by atoms with Crippen molar-refractivity contribution >= 4 is 55.2 Å². The van der Waals surface area contributed by atoms with Crippen LogP contribution >= 0.6 is 0 Å². The zero-order chi connectivity index (χ0) is 51.4. The van der Waals surface area contributed by atoms with E-state index < -0.39 is 0 Å². The van der Waals surface area contributed by atoms with Gasteiger partial charge in [0.1, 0.15) is 0 Å². The molecule has 13 aromatic rings. The van der Waals surface area contributed by atoms with Gasteiger partial charge in [0, 0.05) is 33.5 Å². The summed E-state index contributed by atoms with van der Waals surface area (Å²) in [5.74, 6) is 0. The number of anilines is 3. The second kappa shape index (κ2) is 21.0. The fraction of sp³-hybridized carbons (Fsp3) is 0.0270. The van der Waals surface area contributed by atoms with Gasteiger partial charge in [-0.05, 0) is 158 Å². The summed E-state index contributed by atoms with van der Waals surface area (Å²) in [6.07, 6.45) is 0. The first-order valence-corrected chi connectivity index (χ1v) is 26.1. The monoisotopic (exact) mass is 972 g/mol. The first-order valence-electron chi connectivity index (χ1n) is 26.1. The lowest BCUT2D eigenvalue weighted by atomic mass is 9.98. The molecule has 0 spiro atoms. The molecule has 2 heteroatoms. The molecular weight excluding hydrogens is 917 g/mol. The Labute approximate surface area is 446 Å². The first-order chi connectivity index (χ1) is 37.4. The van der Waals surface area contributed by atoms with Crippen LogP contribution in [0, 0.1) is 6.92 Å². The minimum Gasteiger partial charge on any atom is -0.311 e. The fourth-order valence-corrected chi connectivity index (χ4v) is 10.7. The van der Waals surface area contributed by atoms with Gasteiger partial charge in [0.15, 0.2) is 0 Å². The first kappa shape index (κ1) is 47.3. The molecule has 0 radical (unpaired) electrons. The van der Waals surface area contributed by atoms with Gasteiger partial charge in [0.25, 0.3) is 0 Å². The Morgan fingerprint density at radius 3 is 1.29 bits per heavy atom. The van der Waals surface area contributed by atoms with Crippen LogP contribution in [-0.2, 0) is 0 Å². The van der Waals surface area contributed by atoms with Gasteiger partial charge >= 0.3 is 0 Å². The van der Waals surface area contributed by atoms with E-state index >= 15 is 0 Å². The van der Waals surface area contributed by atoms with Crippen molar-refractivity contribution in [1.29, 1.82) is 0 Å². The molecule has 0 atom stereocenters. The molecule has 0 aliphatic heterocycles. The van der Waals surface area contributed by atoms with Gasteiger partial charge in [-0.1, -0.05) is 237 Å². The average Bonchev–Trinajstić information content (AvgIpc) is 3.85. The molecule has 0 saturated carbocycles. The highest BCUT2D eigenvalue weighted by Crippen LogP contribution is 2.40. The van der Waals surface area contributed by atoms with E-state index in [0.717, 1.165) is 28.3 Å². The van der Waals surface area contributed by atoms with Crippen LogP contribution in [0.15, 0.2) is 298 Å². The second-order valence-corrected chi connectivity index (χ2v) is 19.5. The largest absolute Gasteiger partial charge is 0.311 e. The topological polar surface area (TPSA) is 8.17 Å². The molecule has 0 aliphatic carbocycles. The third kappa shape index (κ3) is 9.52. The third-order valence-corrected chi connectivity index (χ3v) is 14.6. The van der Waals surface area contributed by atoms with Gasteiger partial charge in [-0.2, -0.15) is 0 Å². The summed E-state index contributed by atoms with van der Waals surface area (Å²) >= 11 is 0. The Balaban J connectivity index is 0.000000525. The number of aromatic nitrogens is 1. The Morgan fingerprint density at radius 2 is 0.737 bits per heavy atom. The van der Waals surface area contributed by atoms with E-state index in [-0.39, 0.29) is 0 Å². The van der Waals surface area contributed by atoms with E-state index in [9.17, 15) is 0 Å². The van der Waals surface area contributed by atoms with Crippen LogP contribution in [0.4, 0.5) is 17.1 Å². The number of rotatable bonds is 10. The van der Waals surface area contributed by atoms with E-state index in [1.807, 2.05) is 19.1 Å². The maximum absolute atomic E-state index is 3.89. The van der Waals surface area contributed by atoms with Crippen molar-refractivity contribution in [2.75, 3.05) is 4.90 Å². The number of nitrogens with zero attached hydrogens (tertiary/aromatic N) is 2. The Bertz CT molecular complexity index is 4130. The van der Waals surface area contributed by atoms with Crippen molar-refractivity contribution in [2.45, 2.75) is 13.8 Å². The van der Waals surface area contributed by atoms with Crippen LogP contribution in [0.3, 0.4) is 0 Å². The van der Waals surface area contributed by atoms with Gasteiger partial charge in [-0.15, -0.1) is 0 Å². The lowest BCUT2D eigenvalue weighted by Crippen LogP contribution is -2.09. The third-order valence-electron chi connectivity index (χ3n) is 14.6. The predicted molar refractivity (Wildman–Crippen MR) is 326 cm³/mol. The highest BCUT2D eigenvalue weighted by molar-refractivity contribution is 6.10. The van der Waals surface area contributed by atoms with Crippen LogP contribution in [-0.4, -0.2) is 4.57 Å². The molecule has 362 valence electrons. The minimum absolute atomic E-state index is 1.10. The molecule has 0 saturated heterocycles. The molecule has 76 heavy (non-hydrogen) atoms. The molecule has 0 bridgehead atoms. The highest BCUT2D eigenvalue weighted by atomic mass is 15.1. The van der Waals surface area contributed by atoms with E-state index in [1.54, 1.807) is 0 Å². The SMILES string of the molecule is C=C(C)c1ccccc1C.c1ccc(-c2ccc(N(c3ccc(-c4ccc(-c5ccc6c(c5)c5ccccc5n6-c5ccc(-c6ccccc6)cc5)cc4)cc3)c3ccc(-c4cccc5ccccc45)cc3)cc2)cc1. The zero-order valence-corrected chi connectivity index (χ0v) is 42.8. The number of benzene rings is 12. The molecular formula is C74H56N2. The summed E-state index contributed by atoms with van der Waals surface area (Å²) in [4.78, 5) is 2.35. The number of allylic oxidation sites excluding steroid dienone is 1. The molecule has 1 aromatic heterocycles. The number of para-hydroxylation sites is 1. The molecule has 0 fully saturated rings. The molecule has 2 nitrogen and oxygen atoms in total. The van der Waals surface area contributed by atoms with Crippen molar-refractivity contribution in [3.05, 3.63) is 309 Å². The van der Waals surface area contributed by atoms with Crippen molar-refractivity contribution in [1.82, 2.24) is 4.57 Å². The summed E-state index contributed by atoms with van der Waals surface area (Å²) in [6, 6.07) is 105. The van der Waals surface area contributed by atoms with Crippen LogP contribution in [0.5, 0.6) is 0 Å².